The Hall–Kier alpha value is -3.03. The van der Waals surface area contributed by atoms with Crippen molar-refractivity contribution < 1.29 is 4.79 Å². The van der Waals surface area contributed by atoms with Gasteiger partial charge in [-0.15, -0.1) is 11.3 Å². The molecule has 6 nitrogen and oxygen atoms in total. The second-order valence-corrected chi connectivity index (χ2v) is 8.62. The van der Waals surface area contributed by atoms with Crippen LogP contribution in [0.5, 0.6) is 0 Å². The zero-order valence-electron chi connectivity index (χ0n) is 16.1. The summed E-state index contributed by atoms with van der Waals surface area (Å²) in [4.78, 5) is 28.2. The topological polar surface area (TPSA) is 87.9 Å². The predicted octanol–water partition coefficient (Wildman–Crippen LogP) is 3.84. The Morgan fingerprint density at radius 1 is 1.28 bits per heavy atom. The summed E-state index contributed by atoms with van der Waals surface area (Å²) in [6.45, 7) is 3.31. The van der Waals surface area contributed by atoms with Crippen molar-refractivity contribution in [2.75, 3.05) is 13.1 Å². The van der Waals surface area contributed by atoms with Crippen molar-refractivity contribution in [3.05, 3.63) is 58.7 Å². The van der Waals surface area contributed by atoms with E-state index in [1.54, 1.807) is 4.90 Å². The molecule has 3 N–H and O–H groups in total. The number of aryl methyl sites for hydroxylation is 1. The maximum atomic E-state index is 12.8. The van der Waals surface area contributed by atoms with Crippen molar-refractivity contribution >= 4 is 28.3 Å². The van der Waals surface area contributed by atoms with Crippen LogP contribution in [0.1, 0.15) is 21.1 Å². The quantitative estimate of drug-likeness (QED) is 0.544. The number of aromatic amines is 1. The SMILES string of the molecule is Cc1sc(C(=O)N2CCC(N)C2)nc1-c1c[nH]c2ncc(-c3ccccc3)cc12. The van der Waals surface area contributed by atoms with Gasteiger partial charge in [0, 0.05) is 52.9 Å². The molecule has 4 aromatic rings. The number of hydrogen-bond donors (Lipinski definition) is 2. The fourth-order valence-corrected chi connectivity index (χ4v) is 4.73. The molecule has 0 aliphatic carbocycles. The van der Waals surface area contributed by atoms with E-state index < -0.39 is 0 Å². The molecule has 1 atom stereocenters. The molecule has 1 aliphatic rings. The molecule has 1 saturated heterocycles. The minimum Gasteiger partial charge on any atom is -0.345 e. The normalized spacial score (nSPS) is 16.6. The highest BCUT2D eigenvalue weighted by Gasteiger charge is 2.27. The van der Waals surface area contributed by atoms with Crippen LogP contribution in [0.25, 0.3) is 33.4 Å². The largest absolute Gasteiger partial charge is 0.345 e. The summed E-state index contributed by atoms with van der Waals surface area (Å²) < 4.78 is 0. The van der Waals surface area contributed by atoms with Crippen molar-refractivity contribution in [2.24, 2.45) is 5.73 Å². The summed E-state index contributed by atoms with van der Waals surface area (Å²) >= 11 is 1.44. The minimum absolute atomic E-state index is 0.0276. The van der Waals surface area contributed by atoms with Gasteiger partial charge in [0.15, 0.2) is 5.01 Å². The van der Waals surface area contributed by atoms with Gasteiger partial charge in [0.1, 0.15) is 5.65 Å². The smallest absolute Gasteiger partial charge is 0.282 e. The number of rotatable bonds is 3. The molecule has 146 valence electrons. The Morgan fingerprint density at radius 2 is 2.10 bits per heavy atom. The van der Waals surface area contributed by atoms with Crippen LogP contribution in [0.3, 0.4) is 0 Å². The highest BCUT2D eigenvalue weighted by atomic mass is 32.1. The number of carbonyl (C=O) groups is 1. The summed E-state index contributed by atoms with van der Waals surface area (Å²) in [6.07, 6.45) is 4.64. The second kappa shape index (κ2) is 7.09. The van der Waals surface area contributed by atoms with Gasteiger partial charge in [0.2, 0.25) is 0 Å². The first-order valence-corrected chi connectivity index (χ1v) is 10.5. The molecule has 3 aromatic heterocycles. The highest BCUT2D eigenvalue weighted by Crippen LogP contribution is 2.34. The molecule has 29 heavy (non-hydrogen) atoms. The number of pyridine rings is 1. The average molecular weight is 404 g/mol. The van der Waals surface area contributed by atoms with E-state index in [-0.39, 0.29) is 11.9 Å². The van der Waals surface area contributed by atoms with E-state index in [4.69, 9.17) is 10.7 Å². The number of nitrogens with one attached hydrogen (secondary N) is 1. The fraction of sp³-hybridized carbons (Fsp3) is 0.227. The Morgan fingerprint density at radius 3 is 2.86 bits per heavy atom. The lowest BCUT2D eigenvalue weighted by Crippen LogP contribution is -2.31. The first-order valence-electron chi connectivity index (χ1n) is 9.65. The monoisotopic (exact) mass is 403 g/mol. The van der Waals surface area contributed by atoms with Gasteiger partial charge in [-0.3, -0.25) is 4.79 Å². The number of thiazole rings is 1. The van der Waals surface area contributed by atoms with Crippen LogP contribution in [0, 0.1) is 6.92 Å². The van der Waals surface area contributed by atoms with Crippen molar-refractivity contribution in [1.29, 1.82) is 0 Å². The third-order valence-corrected chi connectivity index (χ3v) is 6.34. The van der Waals surface area contributed by atoms with Gasteiger partial charge in [0.25, 0.3) is 5.91 Å². The summed E-state index contributed by atoms with van der Waals surface area (Å²) in [6, 6.07) is 12.4. The van der Waals surface area contributed by atoms with E-state index in [1.165, 1.54) is 11.3 Å². The van der Waals surface area contributed by atoms with Crippen LogP contribution >= 0.6 is 11.3 Å². The molecule has 4 heterocycles. The highest BCUT2D eigenvalue weighted by molar-refractivity contribution is 7.14. The Kier molecular flexibility index (Phi) is 4.41. The molecule has 1 aliphatic heterocycles. The number of benzene rings is 1. The minimum atomic E-state index is -0.0276. The van der Waals surface area contributed by atoms with Gasteiger partial charge >= 0.3 is 0 Å². The Balaban J connectivity index is 1.54. The summed E-state index contributed by atoms with van der Waals surface area (Å²) in [5.41, 5.74) is 10.7. The van der Waals surface area contributed by atoms with Gasteiger partial charge in [-0.05, 0) is 25.0 Å². The van der Waals surface area contributed by atoms with E-state index in [1.807, 2.05) is 37.5 Å². The molecular formula is C22H21N5OS. The summed E-state index contributed by atoms with van der Waals surface area (Å²) in [5, 5.41) is 1.52. The standard InChI is InChI=1S/C22H21N5OS/c1-13-19(26-21(29-13)22(28)27-8-7-16(23)12-27)18-11-25-20-17(18)9-15(10-24-20)14-5-3-2-4-6-14/h2-6,9-11,16H,7-8,12,23H2,1H3,(H,24,25). The van der Waals surface area contributed by atoms with Crippen LogP contribution < -0.4 is 5.73 Å². The molecule has 0 bridgehead atoms. The molecule has 0 saturated carbocycles. The van der Waals surface area contributed by atoms with E-state index in [0.29, 0.717) is 18.1 Å². The first kappa shape index (κ1) is 18.0. The van der Waals surface area contributed by atoms with Crippen molar-refractivity contribution in [3.63, 3.8) is 0 Å². The lowest BCUT2D eigenvalue weighted by Gasteiger charge is -2.13. The number of aromatic nitrogens is 3. The fourth-order valence-electron chi connectivity index (χ4n) is 3.83. The number of hydrogen-bond acceptors (Lipinski definition) is 5. The average Bonchev–Trinajstić information content (AvgIpc) is 3.45. The maximum Gasteiger partial charge on any atom is 0.282 e. The Labute approximate surface area is 172 Å². The molecule has 0 radical (unpaired) electrons. The van der Waals surface area contributed by atoms with Gasteiger partial charge < -0.3 is 15.6 Å². The molecule has 1 fully saturated rings. The van der Waals surface area contributed by atoms with Crippen LogP contribution in [-0.2, 0) is 0 Å². The summed E-state index contributed by atoms with van der Waals surface area (Å²) in [7, 11) is 0. The molecule has 1 amide bonds. The zero-order chi connectivity index (χ0) is 20.0. The zero-order valence-corrected chi connectivity index (χ0v) is 16.9. The van der Waals surface area contributed by atoms with Gasteiger partial charge in [0.05, 0.1) is 5.69 Å². The van der Waals surface area contributed by atoms with Gasteiger partial charge in [-0.25, -0.2) is 9.97 Å². The lowest BCUT2D eigenvalue weighted by atomic mass is 10.0. The molecule has 7 heteroatoms. The number of carbonyl (C=O) groups excluding carboxylic acids is 1. The van der Waals surface area contributed by atoms with Crippen molar-refractivity contribution in [1.82, 2.24) is 19.9 Å². The van der Waals surface area contributed by atoms with Gasteiger partial charge in [-0.2, -0.15) is 0 Å². The Bertz CT molecular complexity index is 1200. The summed E-state index contributed by atoms with van der Waals surface area (Å²) in [5.74, 6) is -0.0276. The number of nitrogens with zero attached hydrogens (tertiary/aromatic N) is 3. The molecule has 0 spiro atoms. The predicted molar refractivity (Wildman–Crippen MR) is 116 cm³/mol. The lowest BCUT2D eigenvalue weighted by molar-refractivity contribution is 0.0790. The number of nitrogens with two attached hydrogens (primary N) is 1. The molecule has 5 rings (SSSR count). The van der Waals surface area contributed by atoms with E-state index in [9.17, 15) is 4.79 Å². The number of H-pyrrole nitrogens is 1. The van der Waals surface area contributed by atoms with E-state index >= 15 is 0 Å². The maximum absolute atomic E-state index is 12.8. The second-order valence-electron chi connectivity index (χ2n) is 7.41. The third kappa shape index (κ3) is 3.22. The molecule has 1 unspecified atom stereocenters. The number of amides is 1. The van der Waals surface area contributed by atoms with Gasteiger partial charge in [-0.1, -0.05) is 30.3 Å². The van der Waals surface area contributed by atoms with Crippen LogP contribution in [-0.4, -0.2) is 44.9 Å². The third-order valence-electron chi connectivity index (χ3n) is 5.38. The van der Waals surface area contributed by atoms with E-state index in [0.717, 1.165) is 44.7 Å². The first-order chi connectivity index (χ1) is 14.1. The van der Waals surface area contributed by atoms with Crippen molar-refractivity contribution in [2.45, 2.75) is 19.4 Å². The molecule has 1 aromatic carbocycles. The van der Waals surface area contributed by atoms with Crippen LogP contribution in [0.15, 0.2) is 48.8 Å². The van der Waals surface area contributed by atoms with Crippen LogP contribution in [0.2, 0.25) is 0 Å². The van der Waals surface area contributed by atoms with E-state index in [2.05, 4.69) is 28.2 Å². The number of fused-ring (bicyclic) bond motifs is 1. The van der Waals surface area contributed by atoms with Crippen LogP contribution in [0.4, 0.5) is 0 Å². The number of likely N-dealkylation sites (tertiary alicyclic amines) is 1. The molecular weight excluding hydrogens is 382 g/mol. The van der Waals surface area contributed by atoms with Crippen molar-refractivity contribution in [3.8, 4) is 22.4 Å².